The molecule has 2 atom stereocenters. The number of carbonyl (C=O) groups is 2. The summed E-state index contributed by atoms with van der Waals surface area (Å²) in [5, 5.41) is 0. The molecule has 2 fully saturated rings. The van der Waals surface area contributed by atoms with Gasteiger partial charge in [0.05, 0.1) is 13.7 Å². The van der Waals surface area contributed by atoms with Gasteiger partial charge in [0.1, 0.15) is 5.75 Å². The van der Waals surface area contributed by atoms with Crippen molar-refractivity contribution in [2.24, 2.45) is 11.8 Å². The summed E-state index contributed by atoms with van der Waals surface area (Å²) in [7, 11) is 1.60. The minimum absolute atomic E-state index is 0.0264. The van der Waals surface area contributed by atoms with Crippen molar-refractivity contribution in [2.75, 3.05) is 52.9 Å². The van der Waals surface area contributed by atoms with Crippen LogP contribution in [0.4, 0.5) is 0 Å². The fourth-order valence-electron chi connectivity index (χ4n) is 4.21. The van der Waals surface area contributed by atoms with Crippen LogP contribution in [0, 0.1) is 11.8 Å². The molecule has 0 radical (unpaired) electrons. The van der Waals surface area contributed by atoms with Gasteiger partial charge in [0.25, 0.3) is 5.91 Å². The average Bonchev–Trinajstić information content (AvgIpc) is 2.67. The number of nitrogens with zero attached hydrogens (tertiary/aromatic N) is 3. The van der Waals surface area contributed by atoms with Crippen LogP contribution in [-0.2, 0) is 4.79 Å². The fourth-order valence-corrected chi connectivity index (χ4v) is 4.21. The van der Waals surface area contributed by atoms with E-state index < -0.39 is 0 Å². The molecule has 2 saturated heterocycles. The molecule has 6 heteroatoms. The Morgan fingerprint density at radius 1 is 1.04 bits per heavy atom. The van der Waals surface area contributed by atoms with Crippen molar-refractivity contribution in [3.8, 4) is 5.75 Å². The van der Waals surface area contributed by atoms with Gasteiger partial charge in [-0.05, 0) is 36.5 Å². The second kappa shape index (κ2) is 8.74. The van der Waals surface area contributed by atoms with E-state index >= 15 is 0 Å². The highest BCUT2D eigenvalue weighted by atomic mass is 16.5. The third-order valence-corrected chi connectivity index (χ3v) is 5.56. The van der Waals surface area contributed by atoms with Crippen molar-refractivity contribution >= 4 is 11.8 Å². The number of hydrogen-bond donors (Lipinski definition) is 0. The van der Waals surface area contributed by atoms with Crippen molar-refractivity contribution in [3.05, 3.63) is 29.8 Å². The van der Waals surface area contributed by atoms with Crippen LogP contribution in [-0.4, -0.2) is 79.4 Å². The molecule has 3 rings (SSSR count). The number of piperazine rings is 1. The Morgan fingerprint density at radius 2 is 1.70 bits per heavy atom. The zero-order valence-electron chi connectivity index (χ0n) is 16.7. The fraction of sp³-hybridized carbons (Fsp3) is 0.619. The van der Waals surface area contributed by atoms with Crippen LogP contribution in [0.5, 0.6) is 5.75 Å². The maximum atomic E-state index is 12.7. The van der Waals surface area contributed by atoms with Gasteiger partial charge in [0, 0.05) is 44.8 Å². The van der Waals surface area contributed by atoms with E-state index in [1.165, 1.54) is 6.42 Å². The summed E-state index contributed by atoms with van der Waals surface area (Å²) in [6, 6.07) is 7.26. The third kappa shape index (κ3) is 5.01. The van der Waals surface area contributed by atoms with Crippen molar-refractivity contribution in [1.29, 1.82) is 0 Å². The zero-order chi connectivity index (χ0) is 19.4. The maximum absolute atomic E-state index is 12.7. The molecule has 1 aromatic rings. The number of methoxy groups -OCH3 is 1. The molecular weight excluding hydrogens is 342 g/mol. The summed E-state index contributed by atoms with van der Waals surface area (Å²) in [5.74, 6) is 2.10. The normalized spacial score (nSPS) is 24.0. The van der Waals surface area contributed by atoms with Gasteiger partial charge in [-0.2, -0.15) is 0 Å². The Bertz CT molecular complexity index is 660. The van der Waals surface area contributed by atoms with Gasteiger partial charge in [0.15, 0.2) is 0 Å². The van der Waals surface area contributed by atoms with Crippen LogP contribution >= 0.6 is 0 Å². The quantitative estimate of drug-likeness (QED) is 0.810. The second-order valence-electron chi connectivity index (χ2n) is 8.05. The molecular formula is C21H31N3O3. The van der Waals surface area contributed by atoms with E-state index in [-0.39, 0.29) is 11.8 Å². The lowest BCUT2D eigenvalue weighted by Crippen LogP contribution is -2.53. The summed E-state index contributed by atoms with van der Waals surface area (Å²) >= 11 is 0. The summed E-state index contributed by atoms with van der Waals surface area (Å²) in [5.41, 5.74) is 0.648. The standard InChI is InChI=1S/C21H31N3O3/c1-16-11-17(2)14-24(13-16)20(25)15-22-7-9-23(10-8-22)21(26)18-5-4-6-19(12-18)27-3/h4-6,12,16-17H,7-11,13-15H2,1-3H3/t16-,17-/m0/s1. The number of hydrogen-bond acceptors (Lipinski definition) is 4. The highest BCUT2D eigenvalue weighted by molar-refractivity contribution is 5.94. The van der Waals surface area contributed by atoms with Crippen molar-refractivity contribution in [2.45, 2.75) is 20.3 Å². The molecule has 0 bridgehead atoms. The molecule has 148 valence electrons. The Hall–Kier alpha value is -2.08. The highest BCUT2D eigenvalue weighted by Gasteiger charge is 2.28. The molecule has 2 amide bonds. The van der Waals surface area contributed by atoms with Gasteiger partial charge in [-0.1, -0.05) is 19.9 Å². The highest BCUT2D eigenvalue weighted by Crippen LogP contribution is 2.21. The first kappa shape index (κ1) is 19.7. The molecule has 0 unspecified atom stereocenters. The Morgan fingerprint density at radius 3 is 2.33 bits per heavy atom. The zero-order valence-corrected chi connectivity index (χ0v) is 16.7. The predicted octanol–water partition coefficient (Wildman–Crippen LogP) is 1.96. The van der Waals surface area contributed by atoms with Crippen molar-refractivity contribution in [1.82, 2.24) is 14.7 Å². The minimum Gasteiger partial charge on any atom is -0.497 e. The lowest BCUT2D eigenvalue weighted by molar-refractivity contribution is -0.135. The van der Waals surface area contributed by atoms with Gasteiger partial charge in [-0.3, -0.25) is 14.5 Å². The second-order valence-corrected chi connectivity index (χ2v) is 8.05. The molecule has 1 aromatic carbocycles. The van der Waals surface area contributed by atoms with Crippen LogP contribution in [0.15, 0.2) is 24.3 Å². The van der Waals surface area contributed by atoms with Crippen LogP contribution in [0.3, 0.4) is 0 Å². The van der Waals surface area contributed by atoms with E-state index in [0.717, 1.165) is 26.2 Å². The van der Waals surface area contributed by atoms with Crippen molar-refractivity contribution < 1.29 is 14.3 Å². The summed E-state index contributed by atoms with van der Waals surface area (Å²) in [4.78, 5) is 31.4. The SMILES string of the molecule is COc1cccc(C(=O)N2CCN(CC(=O)N3C[C@@H](C)C[C@H](C)C3)CC2)c1. The first-order chi connectivity index (χ1) is 13.0. The molecule has 0 aromatic heterocycles. The Kier molecular flexibility index (Phi) is 6.37. The molecule has 2 aliphatic rings. The van der Waals surface area contributed by atoms with Crippen molar-refractivity contribution in [3.63, 3.8) is 0 Å². The molecule has 0 saturated carbocycles. The van der Waals surface area contributed by atoms with Crippen LogP contribution in [0.2, 0.25) is 0 Å². The maximum Gasteiger partial charge on any atom is 0.254 e. The van der Waals surface area contributed by atoms with E-state index in [1.807, 2.05) is 28.0 Å². The number of carbonyl (C=O) groups excluding carboxylic acids is 2. The summed E-state index contributed by atoms with van der Waals surface area (Å²) < 4.78 is 5.20. The summed E-state index contributed by atoms with van der Waals surface area (Å²) in [6.45, 7) is 9.42. The number of ether oxygens (including phenoxy) is 1. The van der Waals surface area contributed by atoms with E-state index in [2.05, 4.69) is 18.7 Å². The van der Waals surface area contributed by atoms with E-state index in [4.69, 9.17) is 4.74 Å². The lowest BCUT2D eigenvalue weighted by atomic mass is 9.92. The van der Waals surface area contributed by atoms with Crippen LogP contribution in [0.25, 0.3) is 0 Å². The van der Waals surface area contributed by atoms with E-state index in [1.54, 1.807) is 13.2 Å². The number of benzene rings is 1. The van der Waals surface area contributed by atoms with E-state index in [9.17, 15) is 9.59 Å². The monoisotopic (exact) mass is 373 g/mol. The average molecular weight is 373 g/mol. The van der Waals surface area contributed by atoms with Gasteiger partial charge in [-0.15, -0.1) is 0 Å². The Labute approximate surface area is 162 Å². The summed E-state index contributed by atoms with van der Waals surface area (Å²) in [6.07, 6.45) is 1.20. The molecule has 0 aliphatic carbocycles. The van der Waals surface area contributed by atoms with Gasteiger partial charge < -0.3 is 14.5 Å². The first-order valence-electron chi connectivity index (χ1n) is 9.89. The van der Waals surface area contributed by atoms with Gasteiger partial charge in [0.2, 0.25) is 5.91 Å². The molecule has 2 heterocycles. The lowest BCUT2D eigenvalue weighted by Gasteiger charge is -2.38. The number of piperidine rings is 1. The van der Waals surface area contributed by atoms with E-state index in [0.29, 0.717) is 42.8 Å². The minimum atomic E-state index is 0.0264. The molecule has 6 nitrogen and oxygen atoms in total. The third-order valence-electron chi connectivity index (χ3n) is 5.56. The smallest absolute Gasteiger partial charge is 0.254 e. The number of likely N-dealkylation sites (tertiary alicyclic amines) is 1. The first-order valence-corrected chi connectivity index (χ1v) is 9.89. The van der Waals surface area contributed by atoms with Gasteiger partial charge in [-0.25, -0.2) is 0 Å². The molecule has 27 heavy (non-hydrogen) atoms. The number of amides is 2. The predicted molar refractivity (Wildman–Crippen MR) is 105 cm³/mol. The molecule has 0 spiro atoms. The van der Waals surface area contributed by atoms with Crippen LogP contribution < -0.4 is 4.74 Å². The molecule has 0 N–H and O–H groups in total. The van der Waals surface area contributed by atoms with Gasteiger partial charge >= 0.3 is 0 Å². The van der Waals surface area contributed by atoms with Crippen LogP contribution in [0.1, 0.15) is 30.6 Å². The largest absolute Gasteiger partial charge is 0.497 e. The molecule has 2 aliphatic heterocycles. The topological polar surface area (TPSA) is 53.1 Å². The number of rotatable bonds is 4. The Balaban J connectivity index is 1.49.